The molecule has 0 amide bonds. The van der Waals surface area contributed by atoms with Gasteiger partial charge in [-0.3, -0.25) is 18.6 Å². The Hall–Kier alpha value is -2.55. The number of carbonyl (C=O) groups excluding carboxylic acids is 2. The Labute approximate surface area is 329 Å². The van der Waals surface area contributed by atoms with Gasteiger partial charge in [0.2, 0.25) is 0 Å². The van der Waals surface area contributed by atoms with Crippen molar-refractivity contribution in [1.29, 1.82) is 0 Å². The van der Waals surface area contributed by atoms with E-state index in [4.69, 9.17) is 18.5 Å². The summed E-state index contributed by atoms with van der Waals surface area (Å²) in [5.41, 5.74) is 0. The molecule has 0 radical (unpaired) electrons. The van der Waals surface area contributed by atoms with Gasteiger partial charge in [-0.2, -0.15) is 0 Å². The lowest BCUT2D eigenvalue weighted by Gasteiger charge is -2.24. The molecule has 10 heteroatoms. The molecule has 0 aliphatic heterocycles. The van der Waals surface area contributed by atoms with Gasteiger partial charge in [-0.05, 0) is 83.5 Å². The van der Waals surface area contributed by atoms with Crippen LogP contribution in [-0.2, 0) is 32.7 Å². The summed E-state index contributed by atoms with van der Waals surface area (Å²) in [6.07, 6.45) is 43.8. The van der Waals surface area contributed by atoms with Gasteiger partial charge < -0.3 is 18.9 Å². The van der Waals surface area contributed by atoms with E-state index in [2.05, 4.69) is 86.8 Å². The number of nitrogens with zero attached hydrogens (tertiary/aromatic N) is 1. The molecular weight excluding hydrogens is 701 g/mol. The number of likely N-dealkylation sites (N-methyl/N-ethyl adjacent to an activating group) is 1. The Morgan fingerprint density at radius 1 is 0.593 bits per heavy atom. The lowest BCUT2D eigenvalue weighted by molar-refractivity contribution is -0.870. The van der Waals surface area contributed by atoms with Crippen molar-refractivity contribution in [3.05, 3.63) is 72.9 Å². The van der Waals surface area contributed by atoms with E-state index in [0.29, 0.717) is 23.9 Å². The Morgan fingerprint density at radius 3 is 1.61 bits per heavy atom. The molecule has 0 heterocycles. The fraction of sp³-hybridized carbons (Fsp3) is 0.682. The highest BCUT2D eigenvalue weighted by Crippen LogP contribution is 2.43. The largest absolute Gasteiger partial charge is 0.472 e. The molecule has 0 aromatic rings. The van der Waals surface area contributed by atoms with Gasteiger partial charge in [0, 0.05) is 12.8 Å². The van der Waals surface area contributed by atoms with E-state index in [-0.39, 0.29) is 26.1 Å². The van der Waals surface area contributed by atoms with E-state index in [0.717, 1.165) is 83.5 Å². The zero-order valence-corrected chi connectivity index (χ0v) is 35.6. The third kappa shape index (κ3) is 39.2. The molecule has 1 unspecified atom stereocenters. The first-order valence-corrected chi connectivity index (χ1v) is 22.2. The van der Waals surface area contributed by atoms with Crippen LogP contribution in [0.15, 0.2) is 72.9 Å². The second-order valence-corrected chi connectivity index (χ2v) is 16.1. The van der Waals surface area contributed by atoms with Gasteiger partial charge in [0.15, 0.2) is 6.10 Å². The maximum Gasteiger partial charge on any atom is 0.472 e. The zero-order valence-electron chi connectivity index (χ0n) is 34.7. The Morgan fingerprint density at radius 2 is 1.06 bits per heavy atom. The highest BCUT2D eigenvalue weighted by atomic mass is 31.2. The van der Waals surface area contributed by atoms with Crippen LogP contribution < -0.4 is 0 Å². The molecule has 0 aromatic heterocycles. The van der Waals surface area contributed by atoms with Crippen LogP contribution in [0.1, 0.15) is 142 Å². The van der Waals surface area contributed by atoms with E-state index in [9.17, 15) is 19.0 Å². The fourth-order valence-corrected chi connectivity index (χ4v) is 5.72. The number of hydrogen-bond acceptors (Lipinski definition) is 7. The summed E-state index contributed by atoms with van der Waals surface area (Å²) in [5.74, 6) is -0.872. The monoisotopic (exact) mass is 779 g/mol. The van der Waals surface area contributed by atoms with Crippen molar-refractivity contribution in [3.8, 4) is 0 Å². The van der Waals surface area contributed by atoms with Crippen LogP contribution in [-0.4, -0.2) is 74.9 Å². The van der Waals surface area contributed by atoms with Gasteiger partial charge in [-0.1, -0.05) is 119 Å². The highest BCUT2D eigenvalue weighted by molar-refractivity contribution is 7.47. The van der Waals surface area contributed by atoms with Crippen LogP contribution >= 0.6 is 7.82 Å². The van der Waals surface area contributed by atoms with Gasteiger partial charge in [0.25, 0.3) is 0 Å². The van der Waals surface area contributed by atoms with Crippen molar-refractivity contribution in [2.24, 2.45) is 0 Å². The number of allylic oxidation sites excluding steroid dienone is 12. The first kappa shape index (κ1) is 51.5. The average molecular weight is 779 g/mol. The van der Waals surface area contributed by atoms with E-state index >= 15 is 0 Å². The van der Waals surface area contributed by atoms with E-state index in [1.807, 2.05) is 21.1 Å². The van der Waals surface area contributed by atoms with Gasteiger partial charge in [0.1, 0.15) is 19.8 Å². The van der Waals surface area contributed by atoms with E-state index in [1.165, 1.54) is 19.3 Å². The molecule has 0 saturated heterocycles. The van der Waals surface area contributed by atoms with Crippen molar-refractivity contribution >= 4 is 19.8 Å². The number of unbranched alkanes of at least 4 members (excludes halogenated alkanes) is 10. The number of quaternary nitrogens is 1. The summed E-state index contributed by atoms with van der Waals surface area (Å²) in [6.45, 7) is 4.19. The Balaban J connectivity index is 4.51. The number of rotatable bonds is 36. The zero-order chi connectivity index (χ0) is 40.0. The number of esters is 2. The minimum atomic E-state index is -4.39. The minimum absolute atomic E-state index is 0.0181. The molecule has 9 nitrogen and oxygen atoms in total. The van der Waals surface area contributed by atoms with Crippen molar-refractivity contribution < 1.29 is 42.1 Å². The summed E-state index contributed by atoms with van der Waals surface area (Å²) < 4.78 is 34.2. The van der Waals surface area contributed by atoms with Crippen molar-refractivity contribution in [1.82, 2.24) is 0 Å². The van der Waals surface area contributed by atoms with Crippen LogP contribution in [0.5, 0.6) is 0 Å². The first-order chi connectivity index (χ1) is 26.0. The lowest BCUT2D eigenvalue weighted by Crippen LogP contribution is -2.37. The molecule has 310 valence electrons. The summed E-state index contributed by atoms with van der Waals surface area (Å²) in [6, 6.07) is 0. The highest BCUT2D eigenvalue weighted by Gasteiger charge is 2.27. The molecule has 54 heavy (non-hydrogen) atoms. The number of phosphoric ester groups is 1. The molecule has 0 rings (SSSR count). The minimum Gasteiger partial charge on any atom is -0.462 e. The first-order valence-electron chi connectivity index (χ1n) is 20.7. The maximum atomic E-state index is 12.7. The Bertz CT molecular complexity index is 1150. The topological polar surface area (TPSA) is 108 Å². The quantitative estimate of drug-likeness (QED) is 0.0220. The number of ether oxygens (including phenoxy) is 2. The molecule has 0 saturated carbocycles. The third-order valence-corrected chi connectivity index (χ3v) is 9.20. The number of hydrogen-bond donors (Lipinski definition) is 1. The average Bonchev–Trinajstić information content (AvgIpc) is 3.12. The summed E-state index contributed by atoms with van der Waals surface area (Å²) in [4.78, 5) is 35.3. The van der Waals surface area contributed by atoms with Crippen molar-refractivity contribution in [2.45, 2.75) is 148 Å². The second kappa shape index (κ2) is 36.1. The van der Waals surface area contributed by atoms with E-state index < -0.39 is 32.5 Å². The Kier molecular flexibility index (Phi) is 34.4. The summed E-state index contributed by atoms with van der Waals surface area (Å²) in [7, 11) is 1.43. The molecule has 0 spiro atoms. The van der Waals surface area contributed by atoms with Crippen LogP contribution in [0.3, 0.4) is 0 Å². The summed E-state index contributed by atoms with van der Waals surface area (Å²) >= 11 is 0. The smallest absolute Gasteiger partial charge is 0.462 e. The second-order valence-electron chi connectivity index (χ2n) is 14.6. The van der Waals surface area contributed by atoms with Crippen LogP contribution in [0, 0.1) is 0 Å². The maximum absolute atomic E-state index is 12.7. The van der Waals surface area contributed by atoms with Gasteiger partial charge >= 0.3 is 19.8 Å². The SMILES string of the molecule is CC/C=C\C/C=C\C/C=C\CCCCCCCC(=O)O[C@H](COC(=O)CCCC/C=C\C/C=C\C/C=C\CCCCC)COP(=O)(O)OCC[N+](C)(C)C. The number of carbonyl (C=O) groups is 2. The predicted octanol–water partition coefficient (Wildman–Crippen LogP) is 11.5. The molecule has 0 aliphatic rings. The molecule has 0 aliphatic carbocycles. The van der Waals surface area contributed by atoms with Gasteiger partial charge in [-0.25, -0.2) is 4.57 Å². The van der Waals surface area contributed by atoms with Crippen LogP contribution in [0.2, 0.25) is 0 Å². The van der Waals surface area contributed by atoms with Crippen LogP contribution in [0.4, 0.5) is 0 Å². The molecule has 1 N–H and O–H groups in total. The van der Waals surface area contributed by atoms with Gasteiger partial charge in [-0.15, -0.1) is 0 Å². The standard InChI is InChI=1S/C44H76NO8P/c1-6-8-10-12-14-16-18-20-22-24-26-28-30-32-34-36-43(46)50-40-42(41-52-54(48,49)51-39-38-45(3,4)5)53-44(47)37-35-33-31-29-27-25-23-21-19-17-15-13-11-9-7-2/h9,11,14-17,20-23,26,28,42H,6-8,10,12-13,18-19,24-25,27,29-41H2,1-5H3/p+1/b11-9-,16-14-,17-15-,22-20-,23-21-,28-26-/t42-/m1/s1. The molecule has 2 atom stereocenters. The number of phosphoric acid groups is 1. The van der Waals surface area contributed by atoms with Gasteiger partial charge in [0.05, 0.1) is 27.7 Å². The van der Waals surface area contributed by atoms with Crippen LogP contribution in [0.25, 0.3) is 0 Å². The molecule has 0 bridgehead atoms. The molecule has 0 fully saturated rings. The molecule has 0 aromatic carbocycles. The normalized spacial score (nSPS) is 14.4. The van der Waals surface area contributed by atoms with Crippen molar-refractivity contribution in [2.75, 3.05) is 47.5 Å². The predicted molar refractivity (Wildman–Crippen MR) is 224 cm³/mol. The van der Waals surface area contributed by atoms with E-state index in [1.54, 1.807) is 0 Å². The fourth-order valence-electron chi connectivity index (χ4n) is 4.97. The molecular formula is C44H77NO8P+. The third-order valence-electron chi connectivity index (χ3n) is 8.22. The van der Waals surface area contributed by atoms with Crippen molar-refractivity contribution in [3.63, 3.8) is 0 Å². The lowest BCUT2D eigenvalue weighted by atomic mass is 10.1. The summed E-state index contributed by atoms with van der Waals surface area (Å²) in [5, 5.41) is 0.